The molecule has 15 heteroatoms. The number of carbonyl (C=O) groups is 3. The van der Waals surface area contributed by atoms with Crippen LogP contribution in [0.3, 0.4) is 0 Å². The van der Waals surface area contributed by atoms with Gasteiger partial charge in [-0.25, -0.2) is 4.79 Å². The molecule has 3 atom stereocenters. The van der Waals surface area contributed by atoms with E-state index in [9.17, 15) is 19.5 Å². The Balaban J connectivity index is 1.45. The SMILES string of the molecule is CCOCSC(C(=O)N[C@H]1C(=O)N2C(C(=O)O)=C(CSc3nnns3)CSC12)c1cccs1. The second-order valence-electron chi connectivity index (χ2n) is 6.74. The van der Waals surface area contributed by atoms with Crippen molar-refractivity contribution in [3.05, 3.63) is 33.7 Å². The number of carbonyl (C=O) groups excluding carboxylic acids is 2. The third-order valence-electron chi connectivity index (χ3n) is 4.76. The Labute approximate surface area is 210 Å². The lowest BCUT2D eigenvalue weighted by Gasteiger charge is -2.49. The van der Waals surface area contributed by atoms with E-state index in [4.69, 9.17) is 4.74 Å². The Morgan fingerprint density at radius 2 is 2.30 bits per heavy atom. The van der Waals surface area contributed by atoms with E-state index < -0.39 is 28.5 Å². The molecule has 0 bridgehead atoms. The van der Waals surface area contributed by atoms with Crippen molar-refractivity contribution in [2.75, 3.05) is 24.1 Å². The van der Waals surface area contributed by atoms with E-state index in [0.29, 0.717) is 34.0 Å². The molecule has 2 aromatic rings. The predicted octanol–water partition coefficient (Wildman–Crippen LogP) is 2.29. The van der Waals surface area contributed by atoms with Gasteiger partial charge in [0.05, 0.1) is 5.94 Å². The van der Waals surface area contributed by atoms with Crippen LogP contribution in [-0.4, -0.2) is 78.1 Å². The number of nitrogens with one attached hydrogen (secondary N) is 1. The zero-order chi connectivity index (χ0) is 23.4. The van der Waals surface area contributed by atoms with Crippen LogP contribution in [0.2, 0.25) is 0 Å². The summed E-state index contributed by atoms with van der Waals surface area (Å²) in [7, 11) is 0. The Kier molecular flexibility index (Phi) is 8.29. The molecule has 2 aromatic heterocycles. The first-order valence-corrected chi connectivity index (χ1v) is 14.5. The van der Waals surface area contributed by atoms with Gasteiger partial charge in [0.25, 0.3) is 5.91 Å². The monoisotopic (exact) mass is 545 g/mol. The highest BCUT2D eigenvalue weighted by Gasteiger charge is 2.54. The highest BCUT2D eigenvalue weighted by molar-refractivity contribution is 8.01. The Morgan fingerprint density at radius 3 is 2.97 bits per heavy atom. The number of rotatable bonds is 11. The number of hydrogen-bond acceptors (Lipinski definition) is 12. The first-order chi connectivity index (χ1) is 16.0. The summed E-state index contributed by atoms with van der Waals surface area (Å²) in [5.74, 6) is -0.701. The normalized spacial score (nSPS) is 20.9. The van der Waals surface area contributed by atoms with Crippen molar-refractivity contribution in [3.8, 4) is 0 Å². The quantitative estimate of drug-likeness (QED) is 0.186. The molecule has 2 unspecified atom stereocenters. The van der Waals surface area contributed by atoms with Gasteiger partial charge in [0, 0.05) is 34.5 Å². The summed E-state index contributed by atoms with van der Waals surface area (Å²) < 4.78 is 9.71. The number of carboxylic acid groups (broad SMARTS) is 1. The van der Waals surface area contributed by atoms with Crippen LogP contribution >= 0.6 is 58.2 Å². The van der Waals surface area contributed by atoms with Crippen LogP contribution in [-0.2, 0) is 19.1 Å². The smallest absolute Gasteiger partial charge is 0.352 e. The first-order valence-electron chi connectivity index (χ1n) is 9.72. The number of aromatic nitrogens is 3. The lowest BCUT2D eigenvalue weighted by molar-refractivity contribution is -0.150. The van der Waals surface area contributed by atoms with Gasteiger partial charge >= 0.3 is 5.97 Å². The van der Waals surface area contributed by atoms with Gasteiger partial charge < -0.3 is 15.2 Å². The molecule has 2 aliphatic rings. The van der Waals surface area contributed by atoms with Gasteiger partial charge in [-0.15, -0.1) is 40.0 Å². The number of carboxylic acids is 1. The number of β-lactam (4-membered cyclic amide) rings is 1. The maximum atomic E-state index is 13.1. The van der Waals surface area contributed by atoms with Crippen molar-refractivity contribution in [3.63, 3.8) is 0 Å². The van der Waals surface area contributed by atoms with Crippen molar-refractivity contribution in [1.29, 1.82) is 0 Å². The van der Waals surface area contributed by atoms with Crippen molar-refractivity contribution in [2.45, 2.75) is 27.9 Å². The minimum absolute atomic E-state index is 0.0141. The molecule has 2 aliphatic heterocycles. The Bertz CT molecular complexity index is 1030. The number of thioether (sulfide) groups is 3. The summed E-state index contributed by atoms with van der Waals surface area (Å²) in [4.78, 5) is 40.1. The van der Waals surface area contributed by atoms with E-state index in [0.717, 1.165) is 16.4 Å². The van der Waals surface area contributed by atoms with Gasteiger partial charge in [0.15, 0.2) is 4.34 Å². The number of aliphatic carboxylic acids is 1. The number of thiophene rings is 1. The molecule has 0 spiro atoms. The summed E-state index contributed by atoms with van der Waals surface area (Å²) in [6.45, 7) is 2.43. The summed E-state index contributed by atoms with van der Waals surface area (Å²) in [5.41, 5.74) is 0.616. The molecule has 176 valence electrons. The van der Waals surface area contributed by atoms with Gasteiger partial charge in [-0.3, -0.25) is 14.5 Å². The molecule has 0 saturated carbocycles. The molecule has 33 heavy (non-hydrogen) atoms. The third kappa shape index (κ3) is 5.38. The van der Waals surface area contributed by atoms with Crippen molar-refractivity contribution < 1.29 is 24.2 Å². The molecule has 1 saturated heterocycles. The minimum atomic E-state index is -1.16. The van der Waals surface area contributed by atoms with E-state index in [1.54, 1.807) is 0 Å². The highest BCUT2D eigenvalue weighted by atomic mass is 32.2. The van der Waals surface area contributed by atoms with Crippen molar-refractivity contribution in [1.82, 2.24) is 25.0 Å². The first kappa shape index (κ1) is 24.5. The summed E-state index contributed by atoms with van der Waals surface area (Å²) in [6.07, 6.45) is 0. The molecule has 0 aromatic carbocycles. The van der Waals surface area contributed by atoms with Gasteiger partial charge in [-0.05, 0) is 29.2 Å². The lowest BCUT2D eigenvalue weighted by Crippen LogP contribution is -2.70. The van der Waals surface area contributed by atoms with Gasteiger partial charge in [0.2, 0.25) is 5.91 Å². The number of amides is 2. The molecule has 4 rings (SSSR count). The molecule has 1 fully saturated rings. The fourth-order valence-corrected chi connectivity index (χ4v) is 8.02. The second-order valence-corrected chi connectivity index (χ2v) is 11.8. The highest BCUT2D eigenvalue weighted by Crippen LogP contribution is 2.42. The zero-order valence-electron chi connectivity index (χ0n) is 17.2. The minimum Gasteiger partial charge on any atom is -0.477 e. The Hall–Kier alpha value is -1.65. The fraction of sp³-hybridized carbons (Fsp3) is 0.444. The number of hydrogen-bond donors (Lipinski definition) is 2. The maximum Gasteiger partial charge on any atom is 0.352 e. The molecular formula is C18H19N5O5S5. The zero-order valence-corrected chi connectivity index (χ0v) is 21.3. The second kappa shape index (κ2) is 11.2. The summed E-state index contributed by atoms with van der Waals surface area (Å²) >= 11 is 6.72. The Morgan fingerprint density at radius 1 is 1.45 bits per heavy atom. The van der Waals surface area contributed by atoms with E-state index >= 15 is 0 Å². The van der Waals surface area contributed by atoms with Crippen LogP contribution in [0.25, 0.3) is 0 Å². The molecule has 2 amide bonds. The number of fused-ring (bicyclic) bond motifs is 1. The molecule has 2 N–H and O–H groups in total. The van der Waals surface area contributed by atoms with Crippen LogP contribution in [0.4, 0.5) is 0 Å². The molecule has 10 nitrogen and oxygen atoms in total. The standard InChI is InChI=1S/C18H19N5O5S5/c1-2-28-8-32-13(10-4-3-5-29-10)14(24)19-11-15(25)23-12(17(26)27)9(6-30-16(11)23)7-31-18-20-21-22-33-18/h3-5,11,13,16H,2,6-8H2,1H3,(H,19,24)(H,26,27)/t11-,13?,16?/m0/s1. The van der Waals surface area contributed by atoms with Crippen LogP contribution in [0.15, 0.2) is 33.1 Å². The average Bonchev–Trinajstić information content (AvgIpc) is 3.52. The van der Waals surface area contributed by atoms with Crippen LogP contribution in [0.1, 0.15) is 17.1 Å². The number of nitrogens with zero attached hydrogens (tertiary/aromatic N) is 4. The summed E-state index contributed by atoms with van der Waals surface area (Å²) in [5, 5.41) is 21.0. The average molecular weight is 546 g/mol. The van der Waals surface area contributed by atoms with Crippen LogP contribution < -0.4 is 5.32 Å². The predicted molar refractivity (Wildman–Crippen MR) is 129 cm³/mol. The maximum absolute atomic E-state index is 13.1. The number of ether oxygens (including phenoxy) is 1. The van der Waals surface area contributed by atoms with Crippen LogP contribution in [0.5, 0.6) is 0 Å². The topological polar surface area (TPSA) is 135 Å². The molecule has 0 radical (unpaired) electrons. The lowest BCUT2D eigenvalue weighted by atomic mass is 10.0. The van der Waals surface area contributed by atoms with E-state index in [-0.39, 0.29) is 11.6 Å². The van der Waals surface area contributed by atoms with E-state index in [1.165, 1.54) is 51.5 Å². The van der Waals surface area contributed by atoms with Crippen LogP contribution in [0, 0.1) is 0 Å². The summed E-state index contributed by atoms with van der Waals surface area (Å²) in [6, 6.07) is 2.98. The van der Waals surface area contributed by atoms with E-state index in [2.05, 4.69) is 20.1 Å². The molecular weight excluding hydrogens is 527 g/mol. The van der Waals surface area contributed by atoms with Gasteiger partial charge in [-0.1, -0.05) is 22.3 Å². The van der Waals surface area contributed by atoms with Gasteiger partial charge in [-0.2, -0.15) is 0 Å². The molecule has 0 aliphatic carbocycles. The van der Waals surface area contributed by atoms with E-state index in [1.807, 2.05) is 24.4 Å². The van der Waals surface area contributed by atoms with Crippen molar-refractivity contribution >= 4 is 75.9 Å². The van der Waals surface area contributed by atoms with Crippen molar-refractivity contribution in [2.24, 2.45) is 0 Å². The van der Waals surface area contributed by atoms with Gasteiger partial charge in [0.1, 0.15) is 22.4 Å². The largest absolute Gasteiger partial charge is 0.477 e. The fourth-order valence-electron chi connectivity index (χ4n) is 3.28. The third-order valence-corrected chi connectivity index (χ3v) is 10.1. The molecule has 4 heterocycles.